The molecule has 0 nitrogen and oxygen atoms in total. The fourth-order valence-electron chi connectivity index (χ4n) is 13.2. The molecule has 2 unspecified atom stereocenters. The van der Waals surface area contributed by atoms with Gasteiger partial charge in [0.05, 0.1) is 0 Å². The Hall–Kier alpha value is -5.92. The van der Waals surface area contributed by atoms with Crippen molar-refractivity contribution in [2.75, 3.05) is 0 Å². The summed E-state index contributed by atoms with van der Waals surface area (Å²) >= 11 is -6.78. The van der Waals surface area contributed by atoms with Gasteiger partial charge in [-0.25, -0.2) is 0 Å². The summed E-state index contributed by atoms with van der Waals surface area (Å²) in [5.41, 5.74) is 0.128. The van der Waals surface area contributed by atoms with Gasteiger partial charge in [-0.1, -0.05) is 0 Å². The minimum absolute atomic E-state index is 0.0965. The molecular weight excluding hydrogens is 1210 g/mol. The SMILES string of the molecule is CC(C)CC1=Cc2c(ccc(-c3ccccc3)c2-c2cc(C(F)(F)F)cc(C(F)(F)F)c2)[CH]1[Zr]([Cl])([Cl])([c]1cccc2c1[SiH2]c1ccccc1-2)[CH]1C(CC(C)C)=Cc2c1ccc(-c1ccccc1)c2-c1cc(C(F)(F)F)cc(C(F)(F)F)c1. The van der Waals surface area contributed by atoms with Gasteiger partial charge in [0.2, 0.25) is 0 Å². The van der Waals surface area contributed by atoms with Crippen LogP contribution in [0.4, 0.5) is 52.7 Å². The molecule has 0 saturated carbocycles. The number of hydrogen-bond donors (Lipinski definition) is 0. The van der Waals surface area contributed by atoms with E-state index in [4.69, 9.17) is 0 Å². The van der Waals surface area contributed by atoms with Crippen molar-refractivity contribution in [2.24, 2.45) is 11.8 Å². The Balaban J connectivity index is 1.29. The van der Waals surface area contributed by atoms with E-state index in [1.165, 1.54) is 0 Å². The van der Waals surface area contributed by atoms with Crippen LogP contribution in [0.25, 0.3) is 67.8 Å². The molecule has 0 N–H and O–H groups in total. The summed E-state index contributed by atoms with van der Waals surface area (Å²) in [5.74, 6) is -0.244. The molecule has 2 atom stereocenters. The number of halogens is 14. The van der Waals surface area contributed by atoms with Gasteiger partial charge in [0, 0.05) is 0 Å². The van der Waals surface area contributed by atoms with E-state index in [1.807, 2.05) is 88.4 Å². The molecule has 0 bridgehead atoms. The molecule has 0 aromatic heterocycles. The van der Waals surface area contributed by atoms with E-state index in [0.29, 0.717) is 71.8 Å². The molecule has 3 aliphatic rings. The van der Waals surface area contributed by atoms with Crippen LogP contribution in [0.1, 0.15) is 92.3 Å². The van der Waals surface area contributed by atoms with Gasteiger partial charge in [0.1, 0.15) is 0 Å². The molecule has 0 amide bonds. The zero-order valence-corrected chi connectivity index (χ0v) is 49.8. The fourth-order valence-corrected chi connectivity index (χ4v) is 41.0. The summed E-state index contributed by atoms with van der Waals surface area (Å²) in [4.78, 5) is 0. The second-order valence-electron chi connectivity index (χ2n) is 22.6. The van der Waals surface area contributed by atoms with E-state index < -0.39 is 80.1 Å². The van der Waals surface area contributed by atoms with Crippen LogP contribution in [-0.2, 0) is 41.1 Å². The van der Waals surface area contributed by atoms with Gasteiger partial charge in [-0.2, -0.15) is 0 Å². The van der Waals surface area contributed by atoms with Crippen molar-refractivity contribution in [3.63, 3.8) is 0 Å². The Bertz CT molecular complexity index is 3640. The summed E-state index contributed by atoms with van der Waals surface area (Å²) in [5, 5.41) is 2.07. The van der Waals surface area contributed by atoms with Gasteiger partial charge >= 0.3 is 481 Å². The summed E-state index contributed by atoms with van der Waals surface area (Å²) in [6.45, 7) is 7.91. The van der Waals surface area contributed by atoms with Crippen LogP contribution in [-0.4, -0.2) is 9.52 Å². The third-order valence-corrected chi connectivity index (χ3v) is 39.0. The first-order valence-corrected chi connectivity index (χ1v) is 38.6. The Labute approximate surface area is 477 Å². The molecule has 0 radical (unpaired) electrons. The van der Waals surface area contributed by atoms with Gasteiger partial charge in [-0.05, 0) is 0 Å². The summed E-state index contributed by atoms with van der Waals surface area (Å²) in [6, 6.07) is 41.3. The number of alkyl halides is 12. The Morgan fingerprint density at radius 3 is 1.18 bits per heavy atom. The normalized spacial score (nSPS) is 16.9. The van der Waals surface area contributed by atoms with Crippen LogP contribution in [0.2, 0.25) is 0 Å². The van der Waals surface area contributed by atoms with Crippen LogP contribution in [0, 0.1) is 11.8 Å². The molecule has 0 spiro atoms. The van der Waals surface area contributed by atoms with Gasteiger partial charge < -0.3 is 0 Å². The number of benzene rings is 8. The number of allylic oxidation sites excluding steroid dienone is 2. The fraction of sp³-hybridized carbons (Fsp3) is 0.212. The first kappa shape index (κ1) is 57.9. The molecule has 1 heterocycles. The monoisotopic (exact) mass is 1260 g/mol. The Morgan fingerprint density at radius 1 is 0.415 bits per heavy atom. The molecule has 8 aromatic carbocycles. The summed E-state index contributed by atoms with van der Waals surface area (Å²) in [7, 11) is 17.3. The van der Waals surface area contributed by atoms with E-state index in [0.717, 1.165) is 45.8 Å². The molecule has 16 heteroatoms. The Morgan fingerprint density at radius 2 is 0.793 bits per heavy atom. The van der Waals surface area contributed by atoms with E-state index in [1.54, 1.807) is 72.8 Å². The predicted molar refractivity (Wildman–Crippen MR) is 306 cm³/mol. The average Bonchev–Trinajstić information content (AvgIpc) is 1.48. The third kappa shape index (κ3) is 10.2. The topological polar surface area (TPSA) is 0 Å². The van der Waals surface area contributed by atoms with E-state index in [-0.39, 0.29) is 46.2 Å². The van der Waals surface area contributed by atoms with Crippen molar-refractivity contribution in [1.29, 1.82) is 0 Å². The number of fused-ring (bicyclic) bond motifs is 5. The molecule has 421 valence electrons. The molecule has 2 aliphatic carbocycles. The van der Waals surface area contributed by atoms with Crippen molar-refractivity contribution >= 4 is 52.3 Å². The second kappa shape index (κ2) is 20.7. The number of rotatable bonds is 11. The van der Waals surface area contributed by atoms with Gasteiger partial charge in [0.15, 0.2) is 0 Å². The molecule has 8 aromatic rings. The van der Waals surface area contributed by atoms with Crippen LogP contribution in [0.15, 0.2) is 175 Å². The van der Waals surface area contributed by atoms with Crippen molar-refractivity contribution in [3.05, 3.63) is 219 Å². The maximum absolute atomic E-state index is 14.9. The minimum atomic E-state index is -6.78. The van der Waals surface area contributed by atoms with E-state index in [2.05, 4.69) is 6.07 Å². The van der Waals surface area contributed by atoms with Crippen molar-refractivity contribution in [1.82, 2.24) is 0 Å². The average molecular weight is 1260 g/mol. The molecule has 0 fully saturated rings. The molecule has 11 rings (SSSR count). The van der Waals surface area contributed by atoms with Gasteiger partial charge in [-0.3, -0.25) is 0 Å². The van der Waals surface area contributed by atoms with Crippen LogP contribution in [0.3, 0.4) is 0 Å². The molecule has 82 heavy (non-hydrogen) atoms. The Kier molecular flexibility index (Phi) is 14.6. The van der Waals surface area contributed by atoms with Crippen molar-refractivity contribution < 1.29 is 69.1 Å². The molecule has 0 saturated heterocycles. The summed E-state index contributed by atoms with van der Waals surface area (Å²) in [6.07, 6.45) is -16.4. The van der Waals surface area contributed by atoms with Crippen molar-refractivity contribution in [2.45, 2.75) is 72.5 Å². The van der Waals surface area contributed by atoms with Crippen LogP contribution < -0.4 is 13.6 Å². The maximum atomic E-state index is 14.9. The van der Waals surface area contributed by atoms with Gasteiger partial charge in [0.25, 0.3) is 0 Å². The van der Waals surface area contributed by atoms with Gasteiger partial charge in [-0.15, -0.1) is 0 Å². The van der Waals surface area contributed by atoms with E-state index in [9.17, 15) is 69.7 Å². The quantitative estimate of drug-likeness (QED) is 0.0894. The number of hydrogen-bond acceptors (Lipinski definition) is 0. The first-order valence-electron chi connectivity index (χ1n) is 26.8. The van der Waals surface area contributed by atoms with Crippen LogP contribution >= 0.6 is 17.0 Å². The first-order chi connectivity index (χ1) is 38.5. The molecule has 1 aliphatic heterocycles. The van der Waals surface area contributed by atoms with E-state index >= 15 is 0 Å². The second-order valence-corrected chi connectivity index (χ2v) is 45.1. The predicted octanol–water partition coefficient (Wildman–Crippen LogP) is 19.5. The van der Waals surface area contributed by atoms with Crippen molar-refractivity contribution in [3.8, 4) is 55.6 Å². The third-order valence-electron chi connectivity index (χ3n) is 16.2. The van der Waals surface area contributed by atoms with Crippen LogP contribution in [0.5, 0.6) is 0 Å². The zero-order valence-electron chi connectivity index (χ0n) is 44.5. The molecular formula is C66H51Cl2F12SiZr. The summed E-state index contributed by atoms with van der Waals surface area (Å²) < 4.78 is 178. The zero-order chi connectivity index (χ0) is 58.7. The standard InChI is InChI=1S/2C27H21F6.C12H9Si.2ClH.Zr/c2*1-16(2)10-17-11-19-8-9-23(18-6-4-3-5-7-18)25(24(19)12-17)20-13-21(26(28,29)30)15-22(14-20)27(31,32)33;1-3-7-11-9(5-1)10-6-2-4-8-12(10)13-11;;;/h2*3-9,11-16H,10H2,1-2H3;1-7H,13H2;2*1H;/q;;;;;+2/p-2.